The predicted molar refractivity (Wildman–Crippen MR) is 91.7 cm³/mol. The van der Waals surface area contributed by atoms with E-state index in [1.54, 1.807) is 32.5 Å². The summed E-state index contributed by atoms with van der Waals surface area (Å²) in [4.78, 5) is 4.34. The number of nitrogens with zero attached hydrogens (tertiary/aromatic N) is 1. The monoisotopic (exact) mass is 355 g/mol. The molecule has 0 fully saturated rings. The van der Waals surface area contributed by atoms with E-state index in [-0.39, 0.29) is 6.61 Å². The van der Waals surface area contributed by atoms with Gasteiger partial charge in [-0.05, 0) is 24.3 Å². The van der Waals surface area contributed by atoms with E-state index in [0.29, 0.717) is 42.7 Å². The molecule has 1 aromatic heterocycles. The predicted octanol–water partition coefficient (Wildman–Crippen LogP) is 2.92. The molecule has 6 nitrogen and oxygen atoms in total. The van der Waals surface area contributed by atoms with E-state index < -0.39 is 6.29 Å². The van der Waals surface area contributed by atoms with E-state index in [0.717, 1.165) is 5.39 Å². The summed E-state index contributed by atoms with van der Waals surface area (Å²) >= 11 is 6.19. The number of pyridine rings is 1. The fraction of sp³-hybridized carbons (Fsp3) is 0.471. The summed E-state index contributed by atoms with van der Waals surface area (Å²) in [7, 11) is 3.23. The first kappa shape index (κ1) is 18.9. The van der Waals surface area contributed by atoms with Gasteiger partial charge in [-0.2, -0.15) is 0 Å². The highest BCUT2D eigenvalue weighted by Crippen LogP contribution is 2.29. The summed E-state index contributed by atoms with van der Waals surface area (Å²) in [6, 6.07) is 7.31. The van der Waals surface area contributed by atoms with E-state index in [1.165, 1.54) is 0 Å². The zero-order valence-electron chi connectivity index (χ0n) is 13.9. The molecule has 7 heteroatoms. The first-order valence-electron chi connectivity index (χ1n) is 7.63. The van der Waals surface area contributed by atoms with Crippen LogP contribution in [0.25, 0.3) is 10.9 Å². The van der Waals surface area contributed by atoms with Crippen molar-refractivity contribution in [3.05, 3.63) is 35.5 Å². The molecule has 0 aliphatic rings. The van der Waals surface area contributed by atoms with Crippen LogP contribution in [0.2, 0.25) is 5.02 Å². The van der Waals surface area contributed by atoms with Crippen LogP contribution in [0.15, 0.2) is 30.5 Å². The van der Waals surface area contributed by atoms with Crippen molar-refractivity contribution >= 4 is 22.5 Å². The Bertz CT molecular complexity index is 615. The van der Waals surface area contributed by atoms with Crippen molar-refractivity contribution in [2.45, 2.75) is 6.29 Å². The van der Waals surface area contributed by atoms with Crippen molar-refractivity contribution in [1.29, 1.82) is 0 Å². The van der Waals surface area contributed by atoms with Gasteiger partial charge in [0, 0.05) is 25.8 Å². The van der Waals surface area contributed by atoms with Crippen LogP contribution in [0.4, 0.5) is 0 Å². The van der Waals surface area contributed by atoms with Gasteiger partial charge in [0.15, 0.2) is 6.29 Å². The Hall–Kier alpha value is -1.44. The van der Waals surface area contributed by atoms with Crippen LogP contribution in [0.5, 0.6) is 5.75 Å². The van der Waals surface area contributed by atoms with Gasteiger partial charge in [-0.15, -0.1) is 0 Å². The van der Waals surface area contributed by atoms with Crippen LogP contribution < -0.4 is 4.74 Å². The average Bonchev–Trinajstić information content (AvgIpc) is 2.61. The zero-order chi connectivity index (χ0) is 17.2. The minimum atomic E-state index is -0.523. The van der Waals surface area contributed by atoms with Gasteiger partial charge in [0.05, 0.1) is 31.5 Å². The Balaban J connectivity index is 2.00. The van der Waals surface area contributed by atoms with E-state index >= 15 is 0 Å². The van der Waals surface area contributed by atoms with Gasteiger partial charge < -0.3 is 23.7 Å². The lowest BCUT2D eigenvalue weighted by Crippen LogP contribution is -2.28. The van der Waals surface area contributed by atoms with Gasteiger partial charge in [0.25, 0.3) is 0 Å². The average molecular weight is 356 g/mol. The smallest absolute Gasteiger partial charge is 0.191 e. The Labute approximate surface area is 146 Å². The maximum Gasteiger partial charge on any atom is 0.191 e. The quantitative estimate of drug-likeness (QED) is 0.456. The van der Waals surface area contributed by atoms with Gasteiger partial charge in [-0.1, -0.05) is 11.6 Å². The second-order valence-corrected chi connectivity index (χ2v) is 5.32. The third kappa shape index (κ3) is 5.58. The largest absolute Gasteiger partial charge is 0.486 e. The zero-order valence-corrected chi connectivity index (χ0v) is 14.6. The molecule has 2 aromatic rings. The molecule has 0 aliphatic carbocycles. The number of aromatic nitrogens is 1. The Kier molecular flexibility index (Phi) is 8.21. The summed E-state index contributed by atoms with van der Waals surface area (Å²) in [5.74, 6) is 0.630. The van der Waals surface area contributed by atoms with Crippen LogP contribution in [0, 0.1) is 0 Å². The lowest BCUT2D eigenvalue weighted by molar-refractivity contribution is -0.169. The molecule has 0 saturated heterocycles. The molecule has 1 aromatic carbocycles. The number of fused-ring (bicyclic) bond motifs is 1. The first-order chi connectivity index (χ1) is 11.8. The van der Waals surface area contributed by atoms with E-state index in [4.69, 9.17) is 35.3 Å². The number of benzene rings is 1. The molecule has 0 unspecified atom stereocenters. The SMILES string of the molecule is COCCOC(COc1ccc(Cl)c2cccnc12)OCCOC. The second-order valence-electron chi connectivity index (χ2n) is 4.91. The van der Waals surface area contributed by atoms with E-state index in [1.807, 2.05) is 12.1 Å². The molecule has 0 amide bonds. The third-order valence-corrected chi connectivity index (χ3v) is 3.57. The third-order valence-electron chi connectivity index (χ3n) is 3.24. The summed E-state index contributed by atoms with van der Waals surface area (Å²) < 4.78 is 27.0. The molecule has 0 radical (unpaired) electrons. The van der Waals surface area contributed by atoms with Gasteiger partial charge in [0.2, 0.25) is 0 Å². The molecule has 0 spiro atoms. The number of hydrogen-bond donors (Lipinski definition) is 0. The standard InChI is InChI=1S/C17H22ClNO5/c1-20-8-10-22-16(23-11-9-21-2)12-24-15-6-5-14(18)13-4-3-7-19-17(13)15/h3-7,16H,8-12H2,1-2H3. The number of rotatable bonds is 11. The van der Waals surface area contributed by atoms with Crippen LogP contribution >= 0.6 is 11.6 Å². The van der Waals surface area contributed by atoms with Gasteiger partial charge in [-0.25, -0.2) is 0 Å². The molecular weight excluding hydrogens is 334 g/mol. The molecule has 0 atom stereocenters. The van der Waals surface area contributed by atoms with Crippen molar-refractivity contribution < 1.29 is 23.7 Å². The lowest BCUT2D eigenvalue weighted by atomic mass is 10.2. The highest BCUT2D eigenvalue weighted by atomic mass is 35.5. The summed E-state index contributed by atoms with van der Waals surface area (Å²) in [6.07, 6.45) is 1.18. The molecule has 1 heterocycles. The lowest BCUT2D eigenvalue weighted by Gasteiger charge is -2.19. The fourth-order valence-electron chi connectivity index (χ4n) is 2.06. The molecule has 2 rings (SSSR count). The number of halogens is 1. The van der Waals surface area contributed by atoms with Crippen LogP contribution in [0.3, 0.4) is 0 Å². The Morgan fingerprint density at radius 1 is 1.00 bits per heavy atom. The maximum absolute atomic E-state index is 6.19. The second kappa shape index (κ2) is 10.4. The molecular formula is C17H22ClNO5. The normalized spacial score (nSPS) is 11.3. The van der Waals surface area contributed by atoms with Gasteiger partial charge in [-0.3, -0.25) is 4.98 Å². The van der Waals surface area contributed by atoms with Crippen molar-refractivity contribution in [3.63, 3.8) is 0 Å². The number of hydrogen-bond acceptors (Lipinski definition) is 6. The molecule has 132 valence electrons. The summed E-state index contributed by atoms with van der Waals surface area (Å²) in [5.41, 5.74) is 0.706. The van der Waals surface area contributed by atoms with Crippen LogP contribution in [-0.2, 0) is 18.9 Å². The molecule has 24 heavy (non-hydrogen) atoms. The summed E-state index contributed by atoms with van der Waals surface area (Å²) in [6.45, 7) is 2.01. The van der Waals surface area contributed by atoms with Crippen LogP contribution in [0.1, 0.15) is 0 Å². The van der Waals surface area contributed by atoms with Crippen molar-refractivity contribution in [2.24, 2.45) is 0 Å². The van der Waals surface area contributed by atoms with Crippen LogP contribution in [-0.4, -0.2) is 58.5 Å². The van der Waals surface area contributed by atoms with E-state index in [2.05, 4.69) is 4.98 Å². The number of ether oxygens (including phenoxy) is 5. The maximum atomic E-state index is 6.19. The highest BCUT2D eigenvalue weighted by molar-refractivity contribution is 6.35. The highest BCUT2D eigenvalue weighted by Gasteiger charge is 2.13. The van der Waals surface area contributed by atoms with Crippen molar-refractivity contribution in [2.75, 3.05) is 47.3 Å². The molecule has 0 bridgehead atoms. The van der Waals surface area contributed by atoms with Crippen molar-refractivity contribution in [1.82, 2.24) is 4.98 Å². The summed E-state index contributed by atoms with van der Waals surface area (Å²) in [5, 5.41) is 1.48. The Morgan fingerprint density at radius 3 is 2.38 bits per heavy atom. The first-order valence-corrected chi connectivity index (χ1v) is 8.01. The van der Waals surface area contributed by atoms with E-state index in [9.17, 15) is 0 Å². The minimum Gasteiger partial charge on any atom is -0.486 e. The van der Waals surface area contributed by atoms with Crippen molar-refractivity contribution in [3.8, 4) is 5.75 Å². The van der Waals surface area contributed by atoms with Gasteiger partial charge >= 0.3 is 0 Å². The molecule has 0 N–H and O–H groups in total. The molecule has 0 saturated carbocycles. The topological polar surface area (TPSA) is 59.0 Å². The number of methoxy groups -OCH3 is 2. The molecule has 0 aliphatic heterocycles. The fourth-order valence-corrected chi connectivity index (χ4v) is 2.27. The van der Waals surface area contributed by atoms with Gasteiger partial charge in [0.1, 0.15) is 17.9 Å². The Morgan fingerprint density at radius 2 is 1.71 bits per heavy atom. The minimum absolute atomic E-state index is 0.223.